The molecule has 0 aliphatic heterocycles. The van der Waals surface area contributed by atoms with E-state index in [1.165, 1.54) is 11.8 Å². The number of rotatable bonds is 4. The lowest BCUT2D eigenvalue weighted by Crippen LogP contribution is -2.14. The zero-order chi connectivity index (χ0) is 15.9. The third-order valence-electron chi connectivity index (χ3n) is 2.55. The van der Waals surface area contributed by atoms with Crippen molar-refractivity contribution >= 4 is 23.2 Å². The molecule has 2 aromatic rings. The fraction of sp³-hybridized carbons (Fsp3) is 0.0769. The zero-order valence-corrected chi connectivity index (χ0v) is 12.2. The summed E-state index contributed by atoms with van der Waals surface area (Å²) in [6.45, 7) is 0. The first-order chi connectivity index (χ1) is 10.7. The molecule has 0 saturated heterocycles. The summed E-state index contributed by atoms with van der Waals surface area (Å²) >= 11 is 1.27. The Morgan fingerprint density at radius 1 is 1.32 bits per heavy atom. The van der Waals surface area contributed by atoms with Gasteiger partial charge in [0.05, 0.1) is 5.69 Å². The highest BCUT2D eigenvalue weighted by atomic mass is 32.2. The largest absolute Gasteiger partial charge is 0.298 e. The van der Waals surface area contributed by atoms with Crippen molar-refractivity contribution in [2.45, 2.75) is 5.16 Å². The number of anilines is 1. The molecule has 22 heavy (non-hydrogen) atoms. The highest BCUT2D eigenvalue weighted by Crippen LogP contribution is 2.23. The number of H-pyrrole nitrogens is 1. The predicted molar refractivity (Wildman–Crippen MR) is 82.2 cm³/mol. The SMILES string of the molecule is CSc1nnc(-c2ccccc2NN=C(C#N)C#N)c(=O)[nH]1. The van der Waals surface area contributed by atoms with Crippen LogP contribution in [0.3, 0.4) is 0 Å². The van der Waals surface area contributed by atoms with Crippen LogP contribution in [0.2, 0.25) is 0 Å². The topological polar surface area (TPSA) is 131 Å². The number of benzene rings is 1. The van der Waals surface area contributed by atoms with E-state index in [1.54, 1.807) is 42.7 Å². The third-order valence-corrected chi connectivity index (χ3v) is 3.12. The summed E-state index contributed by atoms with van der Waals surface area (Å²) in [5.41, 5.74) is 2.88. The van der Waals surface area contributed by atoms with Crippen LogP contribution >= 0.6 is 11.8 Å². The number of nitriles is 2. The summed E-state index contributed by atoms with van der Waals surface area (Å²) in [7, 11) is 0. The molecule has 0 unspecified atom stereocenters. The van der Waals surface area contributed by atoms with Crippen LogP contribution in [0.4, 0.5) is 5.69 Å². The number of hydrazone groups is 1. The van der Waals surface area contributed by atoms with Gasteiger partial charge in [-0.15, -0.1) is 10.2 Å². The van der Waals surface area contributed by atoms with E-state index in [0.29, 0.717) is 16.4 Å². The molecule has 0 aliphatic rings. The molecule has 0 saturated carbocycles. The molecule has 9 heteroatoms. The molecule has 1 aromatic heterocycles. The second-order valence-electron chi connectivity index (χ2n) is 3.85. The van der Waals surface area contributed by atoms with Gasteiger partial charge >= 0.3 is 0 Å². The average molecular weight is 311 g/mol. The number of hydrogen-bond donors (Lipinski definition) is 2. The van der Waals surface area contributed by atoms with Gasteiger partial charge in [-0.3, -0.25) is 15.2 Å². The van der Waals surface area contributed by atoms with Crippen molar-refractivity contribution < 1.29 is 0 Å². The number of thioether (sulfide) groups is 1. The summed E-state index contributed by atoms with van der Waals surface area (Å²) in [6.07, 6.45) is 1.77. The Hall–Kier alpha value is -3.17. The lowest BCUT2D eigenvalue weighted by Gasteiger charge is -2.07. The predicted octanol–water partition coefficient (Wildman–Crippen LogP) is 1.37. The molecule has 0 bridgehead atoms. The first-order valence-corrected chi connectivity index (χ1v) is 7.16. The van der Waals surface area contributed by atoms with Crippen LogP contribution < -0.4 is 11.0 Å². The average Bonchev–Trinajstić information content (AvgIpc) is 2.56. The molecule has 0 radical (unpaired) electrons. The van der Waals surface area contributed by atoms with Crippen molar-refractivity contribution in [2.24, 2.45) is 5.10 Å². The van der Waals surface area contributed by atoms with E-state index < -0.39 is 5.56 Å². The zero-order valence-electron chi connectivity index (χ0n) is 11.4. The van der Waals surface area contributed by atoms with E-state index in [4.69, 9.17) is 10.5 Å². The van der Waals surface area contributed by atoms with Crippen LogP contribution in [0.25, 0.3) is 11.3 Å². The first-order valence-electron chi connectivity index (χ1n) is 5.94. The maximum Gasteiger partial charge on any atom is 0.278 e. The standard InChI is InChI=1S/C13H9N7OS/c1-22-13-16-12(21)11(19-20-13)9-4-2-3-5-10(9)18-17-8(6-14)7-15/h2-5,18H,1H3,(H,16,20,21). The molecule has 8 nitrogen and oxygen atoms in total. The summed E-state index contributed by atoms with van der Waals surface area (Å²) in [5.74, 6) is 0. The van der Waals surface area contributed by atoms with Gasteiger partial charge in [0.25, 0.3) is 5.56 Å². The van der Waals surface area contributed by atoms with Crippen molar-refractivity contribution in [1.82, 2.24) is 15.2 Å². The van der Waals surface area contributed by atoms with Gasteiger partial charge in [0.15, 0.2) is 10.9 Å². The molecule has 1 aromatic carbocycles. The molecule has 1 heterocycles. The fourth-order valence-corrected chi connectivity index (χ4v) is 1.89. The van der Waals surface area contributed by atoms with Crippen molar-refractivity contribution in [3.8, 4) is 23.4 Å². The Morgan fingerprint density at radius 2 is 2.05 bits per heavy atom. The van der Waals surface area contributed by atoms with Gasteiger partial charge in [0.2, 0.25) is 5.71 Å². The van der Waals surface area contributed by atoms with Crippen molar-refractivity contribution in [1.29, 1.82) is 10.5 Å². The maximum atomic E-state index is 12.1. The number of nitrogens with zero attached hydrogens (tertiary/aromatic N) is 5. The minimum atomic E-state index is -0.390. The minimum Gasteiger partial charge on any atom is -0.298 e. The molecular weight excluding hydrogens is 302 g/mol. The Kier molecular flexibility index (Phi) is 4.85. The minimum absolute atomic E-state index is 0.117. The second kappa shape index (κ2) is 7.02. The maximum absolute atomic E-state index is 12.1. The van der Waals surface area contributed by atoms with Gasteiger partial charge in [0.1, 0.15) is 12.1 Å². The fourth-order valence-electron chi connectivity index (χ4n) is 1.57. The van der Waals surface area contributed by atoms with Crippen molar-refractivity contribution in [2.75, 3.05) is 11.7 Å². The second-order valence-corrected chi connectivity index (χ2v) is 4.65. The van der Waals surface area contributed by atoms with E-state index >= 15 is 0 Å². The first kappa shape index (κ1) is 15.2. The van der Waals surface area contributed by atoms with E-state index in [9.17, 15) is 4.79 Å². The lowest BCUT2D eigenvalue weighted by molar-refractivity contribution is 0.826. The Morgan fingerprint density at radius 3 is 2.68 bits per heavy atom. The van der Waals surface area contributed by atoms with Gasteiger partial charge < -0.3 is 0 Å². The smallest absolute Gasteiger partial charge is 0.278 e. The highest BCUT2D eigenvalue weighted by molar-refractivity contribution is 7.98. The van der Waals surface area contributed by atoms with Crippen molar-refractivity contribution in [3.05, 3.63) is 34.6 Å². The molecule has 0 atom stereocenters. The number of hydrogen-bond acceptors (Lipinski definition) is 8. The van der Waals surface area contributed by atoms with Gasteiger partial charge in [-0.05, 0) is 12.3 Å². The van der Waals surface area contributed by atoms with E-state index in [0.717, 1.165) is 0 Å². The van der Waals surface area contributed by atoms with Gasteiger partial charge in [-0.25, -0.2) is 0 Å². The van der Waals surface area contributed by atoms with Gasteiger partial charge in [-0.1, -0.05) is 30.0 Å². The molecule has 0 aliphatic carbocycles. The van der Waals surface area contributed by atoms with Crippen LogP contribution in [0.5, 0.6) is 0 Å². The monoisotopic (exact) mass is 311 g/mol. The van der Waals surface area contributed by atoms with Crippen LogP contribution in [0.1, 0.15) is 0 Å². The molecule has 2 rings (SSSR count). The third kappa shape index (κ3) is 3.29. The summed E-state index contributed by atoms with van der Waals surface area (Å²) in [5, 5.41) is 29.2. The normalized spacial score (nSPS) is 9.41. The summed E-state index contributed by atoms with van der Waals surface area (Å²) in [4.78, 5) is 14.7. The molecule has 0 amide bonds. The van der Waals surface area contributed by atoms with E-state index in [2.05, 4.69) is 25.7 Å². The summed E-state index contributed by atoms with van der Waals surface area (Å²) in [6, 6.07) is 10.0. The van der Waals surface area contributed by atoms with E-state index in [-0.39, 0.29) is 11.4 Å². The summed E-state index contributed by atoms with van der Waals surface area (Å²) < 4.78 is 0. The number of para-hydroxylation sites is 1. The number of nitrogens with one attached hydrogen (secondary N) is 2. The van der Waals surface area contributed by atoms with Crippen LogP contribution in [0.15, 0.2) is 39.3 Å². The Bertz CT molecular complexity index is 844. The lowest BCUT2D eigenvalue weighted by atomic mass is 10.1. The Balaban J connectivity index is 2.46. The van der Waals surface area contributed by atoms with Crippen LogP contribution in [-0.4, -0.2) is 27.1 Å². The van der Waals surface area contributed by atoms with Gasteiger partial charge in [0, 0.05) is 5.56 Å². The molecular formula is C13H9N7OS. The molecule has 2 N–H and O–H groups in total. The van der Waals surface area contributed by atoms with Crippen molar-refractivity contribution in [3.63, 3.8) is 0 Å². The van der Waals surface area contributed by atoms with Gasteiger partial charge in [-0.2, -0.15) is 15.6 Å². The number of aromatic amines is 1. The molecule has 0 fully saturated rings. The highest BCUT2D eigenvalue weighted by Gasteiger charge is 2.11. The quantitative estimate of drug-likeness (QED) is 0.495. The Labute approximate surface area is 129 Å². The molecule has 108 valence electrons. The van der Waals surface area contributed by atoms with E-state index in [1.807, 2.05) is 0 Å². The molecule has 0 spiro atoms. The number of aromatic nitrogens is 3. The van der Waals surface area contributed by atoms with Crippen LogP contribution in [0, 0.1) is 22.7 Å². The van der Waals surface area contributed by atoms with Crippen LogP contribution in [-0.2, 0) is 0 Å².